The molecule has 0 atom stereocenters. The van der Waals surface area contributed by atoms with E-state index >= 15 is 0 Å². The van der Waals surface area contributed by atoms with E-state index in [1.54, 1.807) is 6.92 Å². The van der Waals surface area contributed by atoms with E-state index in [1.807, 2.05) is 0 Å². The molecule has 0 aliphatic heterocycles. The molecule has 0 amide bonds. The van der Waals surface area contributed by atoms with Crippen molar-refractivity contribution in [3.8, 4) is 0 Å². The van der Waals surface area contributed by atoms with Crippen molar-refractivity contribution >= 4 is 80.8 Å². The molecule has 0 aliphatic rings. The quantitative estimate of drug-likeness (QED) is 0.635. The van der Waals surface area contributed by atoms with Crippen molar-refractivity contribution in [2.75, 3.05) is 10.7 Å². The molecule has 0 saturated carbocycles. The molecular weight excluding hydrogens is 481 g/mol. The summed E-state index contributed by atoms with van der Waals surface area (Å²) in [7, 11) is -3.55. The summed E-state index contributed by atoms with van der Waals surface area (Å²) in [6.07, 6.45) is 0. The van der Waals surface area contributed by atoms with Crippen LogP contribution in [0.25, 0.3) is 0 Å². The average Bonchev–Trinajstić information content (AvgIpc) is 2.59. The van der Waals surface area contributed by atoms with Crippen LogP contribution in [0.3, 0.4) is 0 Å². The molecule has 0 radical (unpaired) electrons. The number of alkyl halides is 2. The van der Waals surface area contributed by atoms with Gasteiger partial charge in [-0.3, -0.25) is 0 Å². The van der Waals surface area contributed by atoms with Gasteiger partial charge in [0, 0.05) is 16.2 Å². The molecule has 0 bridgehead atoms. The SMILES string of the molecule is CC(CBr)(CBr)NS(=O)(=O)c1cc(Cl)c(Br)s1. The maximum Gasteiger partial charge on any atom is 0.250 e. The fourth-order valence-corrected chi connectivity index (χ4v) is 6.31. The number of rotatable bonds is 5. The highest BCUT2D eigenvalue weighted by molar-refractivity contribution is 9.11. The highest BCUT2D eigenvalue weighted by Crippen LogP contribution is 2.35. The van der Waals surface area contributed by atoms with Crippen LogP contribution in [0.5, 0.6) is 0 Å². The lowest BCUT2D eigenvalue weighted by Gasteiger charge is -2.25. The maximum atomic E-state index is 12.1. The van der Waals surface area contributed by atoms with E-state index in [2.05, 4.69) is 52.5 Å². The monoisotopic (exact) mass is 487 g/mol. The Kier molecular flexibility index (Phi) is 5.97. The third-order valence-electron chi connectivity index (χ3n) is 1.86. The van der Waals surface area contributed by atoms with Gasteiger partial charge in [0.2, 0.25) is 0 Å². The molecule has 0 fully saturated rings. The zero-order chi connectivity index (χ0) is 13.3. The van der Waals surface area contributed by atoms with Gasteiger partial charge >= 0.3 is 0 Å². The molecule has 1 rings (SSSR count). The van der Waals surface area contributed by atoms with Gasteiger partial charge in [0.25, 0.3) is 10.0 Å². The van der Waals surface area contributed by atoms with Crippen LogP contribution in [0.1, 0.15) is 6.92 Å². The van der Waals surface area contributed by atoms with Crippen molar-refractivity contribution in [2.24, 2.45) is 0 Å². The van der Waals surface area contributed by atoms with E-state index < -0.39 is 15.6 Å². The highest BCUT2D eigenvalue weighted by Gasteiger charge is 2.30. The Morgan fingerprint density at radius 1 is 1.47 bits per heavy atom. The van der Waals surface area contributed by atoms with Gasteiger partial charge in [-0.15, -0.1) is 11.3 Å². The minimum absolute atomic E-state index is 0.197. The third-order valence-corrected chi connectivity index (χ3v) is 8.92. The smallest absolute Gasteiger partial charge is 0.206 e. The summed E-state index contributed by atoms with van der Waals surface area (Å²) in [5.74, 6) is 0. The Bertz CT molecular complexity index is 479. The molecule has 0 aliphatic carbocycles. The lowest BCUT2D eigenvalue weighted by atomic mass is 10.1. The molecule has 3 nitrogen and oxygen atoms in total. The first kappa shape index (κ1) is 16.4. The van der Waals surface area contributed by atoms with Crippen LogP contribution in [-0.4, -0.2) is 24.6 Å². The van der Waals surface area contributed by atoms with Gasteiger partial charge < -0.3 is 0 Å². The topological polar surface area (TPSA) is 46.2 Å². The molecule has 1 N–H and O–H groups in total. The predicted octanol–water partition coefficient (Wildman–Crippen LogP) is 3.99. The van der Waals surface area contributed by atoms with Gasteiger partial charge in [-0.2, -0.15) is 0 Å². The fourth-order valence-electron chi connectivity index (χ4n) is 0.924. The molecule has 9 heteroatoms. The Morgan fingerprint density at radius 3 is 2.35 bits per heavy atom. The van der Waals surface area contributed by atoms with Crippen LogP contribution in [0.4, 0.5) is 0 Å². The van der Waals surface area contributed by atoms with Gasteiger partial charge in [-0.25, -0.2) is 13.1 Å². The number of hydrogen-bond donors (Lipinski definition) is 1. The maximum absolute atomic E-state index is 12.1. The van der Waals surface area contributed by atoms with E-state index in [1.165, 1.54) is 6.07 Å². The van der Waals surface area contributed by atoms with E-state index in [-0.39, 0.29) is 4.21 Å². The Labute approximate surface area is 135 Å². The molecule has 1 aromatic rings. The van der Waals surface area contributed by atoms with Gasteiger partial charge in [-0.1, -0.05) is 43.5 Å². The van der Waals surface area contributed by atoms with Crippen LogP contribution in [0, 0.1) is 0 Å². The Morgan fingerprint density at radius 2 is 2.00 bits per heavy atom. The van der Waals surface area contributed by atoms with Gasteiger partial charge in [0.1, 0.15) is 4.21 Å². The first-order chi connectivity index (χ1) is 7.74. The molecule has 17 heavy (non-hydrogen) atoms. The van der Waals surface area contributed by atoms with Crippen LogP contribution in [0.15, 0.2) is 14.1 Å². The number of halogens is 4. The van der Waals surface area contributed by atoms with Crippen molar-refractivity contribution in [3.63, 3.8) is 0 Å². The van der Waals surface area contributed by atoms with Crippen molar-refractivity contribution < 1.29 is 8.42 Å². The van der Waals surface area contributed by atoms with Gasteiger partial charge in [0.05, 0.1) is 8.81 Å². The minimum atomic E-state index is -3.55. The first-order valence-electron chi connectivity index (χ1n) is 4.35. The molecule has 1 aromatic heterocycles. The molecule has 0 saturated heterocycles. The summed E-state index contributed by atoms with van der Waals surface area (Å²) in [5, 5.41) is 1.41. The second-order valence-corrected chi connectivity index (χ2v) is 9.43. The fraction of sp³-hybridized carbons (Fsp3) is 0.500. The van der Waals surface area contributed by atoms with Crippen molar-refractivity contribution in [1.82, 2.24) is 4.72 Å². The average molecular weight is 490 g/mol. The molecule has 98 valence electrons. The number of sulfonamides is 1. The molecule has 0 unspecified atom stereocenters. The van der Waals surface area contributed by atoms with Crippen LogP contribution in [0.2, 0.25) is 5.02 Å². The minimum Gasteiger partial charge on any atom is -0.206 e. The summed E-state index contributed by atoms with van der Waals surface area (Å²) >= 11 is 16.7. The van der Waals surface area contributed by atoms with Crippen molar-refractivity contribution in [1.29, 1.82) is 0 Å². The highest BCUT2D eigenvalue weighted by atomic mass is 79.9. The number of hydrogen-bond acceptors (Lipinski definition) is 3. The predicted molar refractivity (Wildman–Crippen MR) is 83.3 cm³/mol. The van der Waals surface area contributed by atoms with Crippen molar-refractivity contribution in [3.05, 3.63) is 14.9 Å². The van der Waals surface area contributed by atoms with E-state index in [4.69, 9.17) is 11.6 Å². The second-order valence-electron chi connectivity index (χ2n) is 3.62. The summed E-state index contributed by atoms with van der Waals surface area (Å²) in [4.78, 5) is 0. The van der Waals surface area contributed by atoms with E-state index in [9.17, 15) is 8.42 Å². The van der Waals surface area contributed by atoms with Crippen LogP contribution in [-0.2, 0) is 10.0 Å². The van der Waals surface area contributed by atoms with Crippen molar-refractivity contribution in [2.45, 2.75) is 16.7 Å². The lowest BCUT2D eigenvalue weighted by molar-refractivity contribution is 0.510. The van der Waals surface area contributed by atoms with E-state index in [0.29, 0.717) is 19.5 Å². The largest absolute Gasteiger partial charge is 0.250 e. The summed E-state index contributed by atoms with van der Waals surface area (Å²) in [6, 6.07) is 1.43. The standard InChI is InChI=1S/C8H9Br3ClNO2S2/c1-8(3-9,4-10)13-17(14,15)6-2-5(12)7(11)16-6/h2,13H,3-4H2,1H3. The third kappa shape index (κ3) is 4.15. The zero-order valence-electron chi connectivity index (χ0n) is 8.64. The van der Waals surface area contributed by atoms with Gasteiger partial charge in [0.15, 0.2) is 0 Å². The summed E-state index contributed by atoms with van der Waals surface area (Å²) < 4.78 is 27.7. The molecule has 0 spiro atoms. The zero-order valence-corrected chi connectivity index (χ0v) is 15.8. The lowest BCUT2D eigenvalue weighted by Crippen LogP contribution is -2.48. The summed E-state index contributed by atoms with van der Waals surface area (Å²) in [6.45, 7) is 1.80. The van der Waals surface area contributed by atoms with Gasteiger partial charge in [-0.05, 0) is 28.9 Å². The Hall–Kier alpha value is 1.34. The molecule has 1 heterocycles. The number of nitrogens with one attached hydrogen (secondary N) is 1. The first-order valence-corrected chi connectivity index (χ1v) is 10.1. The molecule has 0 aromatic carbocycles. The van der Waals surface area contributed by atoms with Crippen LogP contribution >= 0.6 is 70.7 Å². The normalized spacial score (nSPS) is 13.0. The second kappa shape index (κ2) is 6.19. The van der Waals surface area contributed by atoms with Crippen LogP contribution < -0.4 is 4.72 Å². The number of thiophene rings is 1. The molecular formula is C8H9Br3ClNO2S2. The van der Waals surface area contributed by atoms with E-state index in [0.717, 1.165) is 11.3 Å². The summed E-state index contributed by atoms with van der Waals surface area (Å²) in [5.41, 5.74) is -0.582. The Balaban J connectivity index is 3.04.